The minimum atomic E-state index is -0.473. The summed E-state index contributed by atoms with van der Waals surface area (Å²) < 4.78 is 10.4. The third-order valence-electron chi connectivity index (χ3n) is 3.78. The molecule has 132 valence electrons. The lowest BCUT2D eigenvalue weighted by Gasteiger charge is -2.04. The molecule has 0 unspecified atom stereocenters. The van der Waals surface area contributed by atoms with Crippen LogP contribution in [-0.4, -0.2) is 19.3 Å². The number of rotatable bonds is 5. The van der Waals surface area contributed by atoms with Gasteiger partial charge < -0.3 is 9.47 Å². The minimum absolute atomic E-state index is 0.388. The molecule has 5 nitrogen and oxygen atoms in total. The molecule has 0 heterocycles. The molecule has 0 fully saturated rings. The number of methoxy groups -OCH3 is 1. The molecular formula is C22H16N2O3. The third kappa shape index (κ3) is 4.80. The number of carbonyl (C=O) groups excluding carboxylic acids is 1. The zero-order chi connectivity index (χ0) is 19.1. The van der Waals surface area contributed by atoms with Crippen molar-refractivity contribution in [2.75, 3.05) is 7.11 Å². The third-order valence-corrected chi connectivity index (χ3v) is 3.78. The van der Waals surface area contributed by atoms with Crippen molar-refractivity contribution in [3.8, 4) is 17.6 Å². The lowest BCUT2D eigenvalue weighted by atomic mass is 10.1. The predicted molar refractivity (Wildman–Crippen MR) is 103 cm³/mol. The molecule has 0 N–H and O–H groups in total. The van der Waals surface area contributed by atoms with Crippen LogP contribution in [0.3, 0.4) is 0 Å². The molecule has 0 aromatic heterocycles. The molecule has 0 bridgehead atoms. The van der Waals surface area contributed by atoms with E-state index < -0.39 is 5.97 Å². The van der Waals surface area contributed by atoms with Gasteiger partial charge in [0.2, 0.25) is 0 Å². The Hall–Kier alpha value is -3.91. The van der Waals surface area contributed by atoms with Crippen LogP contribution in [0.4, 0.5) is 5.69 Å². The van der Waals surface area contributed by atoms with E-state index >= 15 is 0 Å². The smallest absolute Gasteiger partial charge is 0.343 e. The number of ether oxygens (including phenoxy) is 2. The van der Waals surface area contributed by atoms with Crippen molar-refractivity contribution in [1.29, 1.82) is 5.26 Å². The summed E-state index contributed by atoms with van der Waals surface area (Å²) in [5, 5.41) is 8.79. The molecule has 0 saturated carbocycles. The minimum Gasteiger partial charge on any atom is -0.497 e. The van der Waals surface area contributed by atoms with Crippen LogP contribution in [0.5, 0.6) is 11.5 Å². The largest absolute Gasteiger partial charge is 0.497 e. The summed E-state index contributed by atoms with van der Waals surface area (Å²) in [4.78, 5) is 16.5. The molecule has 0 aliphatic rings. The van der Waals surface area contributed by atoms with Gasteiger partial charge in [0.05, 0.1) is 30.0 Å². The van der Waals surface area contributed by atoms with E-state index in [0.717, 1.165) is 17.0 Å². The van der Waals surface area contributed by atoms with E-state index in [1.54, 1.807) is 49.7 Å². The molecular weight excluding hydrogens is 340 g/mol. The molecule has 27 heavy (non-hydrogen) atoms. The van der Waals surface area contributed by atoms with E-state index in [2.05, 4.69) is 4.99 Å². The van der Waals surface area contributed by atoms with Crippen LogP contribution in [0.15, 0.2) is 77.8 Å². The second kappa shape index (κ2) is 8.45. The summed E-state index contributed by atoms with van der Waals surface area (Å²) in [5.41, 5.74) is 2.57. The fourth-order valence-electron chi connectivity index (χ4n) is 2.29. The van der Waals surface area contributed by atoms with Crippen LogP contribution in [0.1, 0.15) is 21.5 Å². The topological polar surface area (TPSA) is 71.7 Å². The highest BCUT2D eigenvalue weighted by molar-refractivity contribution is 5.91. The van der Waals surface area contributed by atoms with Crippen molar-refractivity contribution < 1.29 is 14.3 Å². The van der Waals surface area contributed by atoms with Crippen molar-refractivity contribution in [2.24, 2.45) is 4.99 Å². The Morgan fingerprint density at radius 1 is 0.926 bits per heavy atom. The van der Waals surface area contributed by atoms with Gasteiger partial charge in [-0.05, 0) is 78.4 Å². The maximum absolute atomic E-state index is 12.1. The molecule has 5 heteroatoms. The Balaban J connectivity index is 1.63. The number of hydrogen-bond acceptors (Lipinski definition) is 5. The van der Waals surface area contributed by atoms with Crippen molar-refractivity contribution in [3.63, 3.8) is 0 Å². The van der Waals surface area contributed by atoms with Crippen LogP contribution in [-0.2, 0) is 0 Å². The SMILES string of the molecule is COc1ccc(N=Cc2ccc(OC(=O)c3ccc(C#N)cc3)cc2)cc1. The van der Waals surface area contributed by atoms with Crippen molar-refractivity contribution in [3.05, 3.63) is 89.5 Å². The molecule has 0 amide bonds. The second-order valence-corrected chi connectivity index (χ2v) is 5.60. The first kappa shape index (κ1) is 17.9. The van der Waals surface area contributed by atoms with Crippen molar-refractivity contribution in [2.45, 2.75) is 0 Å². The van der Waals surface area contributed by atoms with E-state index in [4.69, 9.17) is 14.7 Å². The van der Waals surface area contributed by atoms with E-state index in [1.807, 2.05) is 42.5 Å². The van der Waals surface area contributed by atoms with Gasteiger partial charge in [0.1, 0.15) is 11.5 Å². The molecule has 0 aliphatic heterocycles. The van der Waals surface area contributed by atoms with Gasteiger partial charge in [0.15, 0.2) is 0 Å². The number of aliphatic imine (C=N–C) groups is 1. The van der Waals surface area contributed by atoms with E-state index in [9.17, 15) is 4.79 Å². The van der Waals surface area contributed by atoms with Gasteiger partial charge in [-0.15, -0.1) is 0 Å². The van der Waals surface area contributed by atoms with Crippen LogP contribution in [0, 0.1) is 11.3 Å². The standard InChI is InChI=1S/C22H16N2O3/c1-26-20-12-8-19(9-13-20)24-15-17-4-10-21(11-5-17)27-22(25)18-6-2-16(14-23)3-7-18/h2-13,15H,1H3. The Kier molecular flexibility index (Phi) is 5.60. The Morgan fingerprint density at radius 3 is 2.15 bits per heavy atom. The van der Waals surface area contributed by atoms with Gasteiger partial charge in [0.25, 0.3) is 0 Å². The Morgan fingerprint density at radius 2 is 1.56 bits per heavy atom. The number of nitriles is 1. The molecule has 0 saturated heterocycles. The lowest BCUT2D eigenvalue weighted by Crippen LogP contribution is -2.08. The van der Waals surface area contributed by atoms with Crippen LogP contribution in [0.2, 0.25) is 0 Å². The molecule has 0 atom stereocenters. The van der Waals surface area contributed by atoms with Crippen molar-refractivity contribution >= 4 is 17.9 Å². The predicted octanol–water partition coefficient (Wildman–Crippen LogP) is 4.54. The summed E-state index contributed by atoms with van der Waals surface area (Å²) in [6.45, 7) is 0. The highest BCUT2D eigenvalue weighted by Gasteiger charge is 2.08. The molecule has 0 radical (unpaired) electrons. The summed E-state index contributed by atoms with van der Waals surface area (Å²) >= 11 is 0. The van der Waals surface area contributed by atoms with Gasteiger partial charge in [-0.3, -0.25) is 4.99 Å². The average Bonchev–Trinajstić information content (AvgIpc) is 2.73. The van der Waals surface area contributed by atoms with E-state index in [-0.39, 0.29) is 0 Å². The summed E-state index contributed by atoms with van der Waals surface area (Å²) in [6.07, 6.45) is 1.73. The quantitative estimate of drug-likeness (QED) is 0.382. The summed E-state index contributed by atoms with van der Waals surface area (Å²) in [7, 11) is 1.62. The maximum Gasteiger partial charge on any atom is 0.343 e. The monoisotopic (exact) mass is 356 g/mol. The summed E-state index contributed by atoms with van der Waals surface area (Å²) in [5.74, 6) is 0.743. The second-order valence-electron chi connectivity index (χ2n) is 5.60. The summed E-state index contributed by atoms with van der Waals surface area (Å²) in [6, 6.07) is 22.8. The molecule has 3 aromatic carbocycles. The molecule has 0 spiro atoms. The first-order valence-electron chi connectivity index (χ1n) is 8.18. The normalized spacial score (nSPS) is 10.4. The van der Waals surface area contributed by atoms with E-state index in [0.29, 0.717) is 16.9 Å². The zero-order valence-corrected chi connectivity index (χ0v) is 14.6. The molecule has 3 rings (SSSR count). The van der Waals surface area contributed by atoms with Gasteiger partial charge >= 0.3 is 5.97 Å². The first-order chi connectivity index (χ1) is 13.2. The Labute approximate surface area is 157 Å². The lowest BCUT2D eigenvalue weighted by molar-refractivity contribution is 0.0735. The van der Waals surface area contributed by atoms with Gasteiger partial charge in [-0.1, -0.05) is 0 Å². The number of hydrogen-bond donors (Lipinski definition) is 0. The van der Waals surface area contributed by atoms with Crippen LogP contribution in [0.25, 0.3) is 0 Å². The number of esters is 1. The maximum atomic E-state index is 12.1. The fourth-order valence-corrected chi connectivity index (χ4v) is 2.29. The van der Waals surface area contributed by atoms with Crippen LogP contribution >= 0.6 is 0 Å². The number of carbonyl (C=O) groups is 1. The van der Waals surface area contributed by atoms with Gasteiger partial charge in [0, 0.05) is 6.21 Å². The average molecular weight is 356 g/mol. The Bertz CT molecular complexity index is 984. The number of benzene rings is 3. The van der Waals surface area contributed by atoms with Gasteiger partial charge in [-0.2, -0.15) is 5.26 Å². The highest BCUT2D eigenvalue weighted by atomic mass is 16.5. The fraction of sp³-hybridized carbons (Fsp3) is 0.0455. The first-order valence-corrected chi connectivity index (χ1v) is 8.18. The number of nitrogens with zero attached hydrogens (tertiary/aromatic N) is 2. The van der Waals surface area contributed by atoms with E-state index in [1.165, 1.54) is 0 Å². The van der Waals surface area contributed by atoms with Gasteiger partial charge in [-0.25, -0.2) is 4.79 Å². The van der Waals surface area contributed by atoms with Crippen LogP contribution < -0.4 is 9.47 Å². The van der Waals surface area contributed by atoms with Crippen molar-refractivity contribution in [1.82, 2.24) is 0 Å². The molecule has 0 aliphatic carbocycles. The zero-order valence-electron chi connectivity index (χ0n) is 14.6. The highest BCUT2D eigenvalue weighted by Crippen LogP contribution is 2.18. The molecule has 3 aromatic rings.